The van der Waals surface area contributed by atoms with Crippen LogP contribution in [0.3, 0.4) is 0 Å². The lowest BCUT2D eigenvalue weighted by Gasteiger charge is -2.11. The Kier molecular flexibility index (Phi) is 3.57. The standard InChI is InChI=1S/C14H15N3O/c1-17(2)12-6-3-11(4-7-12)5-8-13(18)14-15-9-10-16-14/h3-10H,1-2H3,(H,15,16). The lowest BCUT2D eigenvalue weighted by molar-refractivity contribution is 0.103. The molecule has 1 N–H and O–H groups in total. The van der Waals surface area contributed by atoms with Crippen LogP contribution in [0.15, 0.2) is 42.7 Å². The van der Waals surface area contributed by atoms with Crippen molar-refractivity contribution in [2.24, 2.45) is 0 Å². The molecule has 18 heavy (non-hydrogen) atoms. The highest BCUT2D eigenvalue weighted by Gasteiger charge is 2.02. The monoisotopic (exact) mass is 241 g/mol. The molecule has 1 aromatic heterocycles. The molecular formula is C14H15N3O. The van der Waals surface area contributed by atoms with Gasteiger partial charge < -0.3 is 9.88 Å². The summed E-state index contributed by atoms with van der Waals surface area (Å²) in [4.78, 5) is 20.4. The Morgan fingerprint density at radius 3 is 2.56 bits per heavy atom. The van der Waals surface area contributed by atoms with Gasteiger partial charge in [0.25, 0.3) is 0 Å². The van der Waals surface area contributed by atoms with Crippen molar-refractivity contribution < 1.29 is 4.79 Å². The average molecular weight is 241 g/mol. The van der Waals surface area contributed by atoms with Gasteiger partial charge in [0.2, 0.25) is 5.78 Å². The van der Waals surface area contributed by atoms with E-state index < -0.39 is 0 Å². The van der Waals surface area contributed by atoms with Crippen molar-refractivity contribution in [3.05, 3.63) is 54.1 Å². The summed E-state index contributed by atoms with van der Waals surface area (Å²) in [6, 6.07) is 7.97. The zero-order chi connectivity index (χ0) is 13.0. The van der Waals surface area contributed by atoms with E-state index in [9.17, 15) is 4.79 Å². The second-order valence-electron chi connectivity index (χ2n) is 4.12. The van der Waals surface area contributed by atoms with Gasteiger partial charge in [-0.2, -0.15) is 0 Å². The Balaban J connectivity index is 2.07. The number of ketones is 1. The predicted molar refractivity (Wildman–Crippen MR) is 72.7 cm³/mol. The van der Waals surface area contributed by atoms with Gasteiger partial charge in [0.05, 0.1) is 0 Å². The highest BCUT2D eigenvalue weighted by atomic mass is 16.1. The number of imidazole rings is 1. The number of hydrogen-bond donors (Lipinski definition) is 1. The molecule has 0 amide bonds. The number of nitrogens with zero attached hydrogens (tertiary/aromatic N) is 2. The Labute approximate surface area is 106 Å². The molecule has 2 rings (SSSR count). The summed E-state index contributed by atoms with van der Waals surface area (Å²) < 4.78 is 0. The molecule has 92 valence electrons. The number of rotatable bonds is 4. The lowest BCUT2D eigenvalue weighted by atomic mass is 10.1. The van der Waals surface area contributed by atoms with Crippen LogP contribution in [-0.4, -0.2) is 29.8 Å². The number of nitrogens with one attached hydrogen (secondary N) is 1. The summed E-state index contributed by atoms with van der Waals surface area (Å²) >= 11 is 0. The van der Waals surface area contributed by atoms with Crippen LogP contribution < -0.4 is 4.90 Å². The average Bonchev–Trinajstić information content (AvgIpc) is 2.90. The second kappa shape index (κ2) is 5.31. The SMILES string of the molecule is CN(C)c1ccc(C=CC(=O)c2ncc[nH]2)cc1. The minimum Gasteiger partial charge on any atom is -0.378 e. The molecule has 0 unspecified atom stereocenters. The molecule has 0 fully saturated rings. The highest BCUT2D eigenvalue weighted by molar-refractivity contribution is 6.04. The Morgan fingerprint density at radius 2 is 2.00 bits per heavy atom. The van der Waals surface area contributed by atoms with E-state index in [0.717, 1.165) is 11.3 Å². The van der Waals surface area contributed by atoms with Crippen LogP contribution >= 0.6 is 0 Å². The Bertz CT molecular complexity index is 539. The number of carbonyl (C=O) groups is 1. The predicted octanol–water partition coefficient (Wildman–Crippen LogP) is 2.37. The van der Waals surface area contributed by atoms with Crippen LogP contribution in [0, 0.1) is 0 Å². The normalized spacial score (nSPS) is 10.8. The molecule has 1 heterocycles. The highest BCUT2D eigenvalue weighted by Crippen LogP contribution is 2.13. The van der Waals surface area contributed by atoms with E-state index >= 15 is 0 Å². The maximum atomic E-state index is 11.7. The fourth-order valence-electron chi connectivity index (χ4n) is 1.53. The first-order valence-electron chi connectivity index (χ1n) is 5.66. The van der Waals surface area contributed by atoms with Crippen molar-refractivity contribution in [1.29, 1.82) is 0 Å². The van der Waals surface area contributed by atoms with Gasteiger partial charge in [-0.15, -0.1) is 0 Å². The fourth-order valence-corrected chi connectivity index (χ4v) is 1.53. The third kappa shape index (κ3) is 2.85. The van der Waals surface area contributed by atoms with E-state index in [-0.39, 0.29) is 5.78 Å². The van der Waals surface area contributed by atoms with E-state index in [0.29, 0.717) is 5.82 Å². The minimum absolute atomic E-state index is 0.128. The zero-order valence-corrected chi connectivity index (χ0v) is 10.4. The molecule has 0 aliphatic heterocycles. The molecule has 0 radical (unpaired) electrons. The first kappa shape index (κ1) is 12.1. The summed E-state index contributed by atoms with van der Waals surface area (Å²) in [5.41, 5.74) is 2.12. The maximum Gasteiger partial charge on any atom is 0.221 e. The van der Waals surface area contributed by atoms with Crippen molar-refractivity contribution in [3.8, 4) is 0 Å². The molecule has 4 heteroatoms. The van der Waals surface area contributed by atoms with Crippen LogP contribution in [0.2, 0.25) is 0 Å². The van der Waals surface area contributed by atoms with Gasteiger partial charge in [-0.1, -0.05) is 18.2 Å². The molecule has 0 spiro atoms. The van der Waals surface area contributed by atoms with Gasteiger partial charge in [0.1, 0.15) is 0 Å². The molecule has 0 bridgehead atoms. The molecular weight excluding hydrogens is 226 g/mol. The van der Waals surface area contributed by atoms with E-state index in [1.165, 1.54) is 6.08 Å². The molecule has 1 aromatic carbocycles. The third-order valence-electron chi connectivity index (χ3n) is 2.57. The summed E-state index contributed by atoms with van der Waals surface area (Å²) in [7, 11) is 3.98. The van der Waals surface area contributed by atoms with Crippen LogP contribution in [0.25, 0.3) is 6.08 Å². The van der Waals surface area contributed by atoms with E-state index in [1.807, 2.05) is 43.3 Å². The first-order valence-corrected chi connectivity index (χ1v) is 5.66. The van der Waals surface area contributed by atoms with Crippen molar-refractivity contribution >= 4 is 17.5 Å². The van der Waals surface area contributed by atoms with E-state index in [2.05, 4.69) is 9.97 Å². The summed E-state index contributed by atoms with van der Waals surface area (Å²) in [5, 5.41) is 0. The molecule has 2 aromatic rings. The number of allylic oxidation sites excluding steroid dienone is 1. The number of H-pyrrole nitrogens is 1. The number of benzene rings is 1. The minimum atomic E-state index is -0.128. The van der Waals surface area contributed by atoms with Gasteiger partial charge >= 0.3 is 0 Å². The molecule has 4 nitrogen and oxygen atoms in total. The van der Waals surface area contributed by atoms with Crippen LogP contribution in [0.5, 0.6) is 0 Å². The van der Waals surface area contributed by atoms with Gasteiger partial charge in [-0.25, -0.2) is 4.98 Å². The number of aromatic nitrogens is 2. The number of anilines is 1. The number of aromatic amines is 1. The third-order valence-corrected chi connectivity index (χ3v) is 2.57. The number of carbonyl (C=O) groups excluding carboxylic acids is 1. The van der Waals surface area contributed by atoms with Gasteiger partial charge in [-0.3, -0.25) is 4.79 Å². The number of hydrogen-bond acceptors (Lipinski definition) is 3. The van der Waals surface area contributed by atoms with Crippen molar-refractivity contribution in [1.82, 2.24) is 9.97 Å². The van der Waals surface area contributed by atoms with Crippen LogP contribution in [-0.2, 0) is 0 Å². The molecule has 0 aliphatic rings. The van der Waals surface area contributed by atoms with Crippen LogP contribution in [0.1, 0.15) is 16.2 Å². The molecule has 0 atom stereocenters. The Hall–Kier alpha value is -2.36. The fraction of sp³-hybridized carbons (Fsp3) is 0.143. The van der Waals surface area contributed by atoms with E-state index in [4.69, 9.17) is 0 Å². The Morgan fingerprint density at radius 1 is 1.28 bits per heavy atom. The lowest BCUT2D eigenvalue weighted by Crippen LogP contribution is -2.07. The van der Waals surface area contributed by atoms with Crippen LogP contribution in [0.4, 0.5) is 5.69 Å². The van der Waals surface area contributed by atoms with Gasteiger partial charge in [-0.05, 0) is 23.8 Å². The van der Waals surface area contributed by atoms with E-state index in [1.54, 1.807) is 18.5 Å². The maximum absolute atomic E-state index is 11.7. The largest absolute Gasteiger partial charge is 0.378 e. The van der Waals surface area contributed by atoms with Crippen molar-refractivity contribution in [3.63, 3.8) is 0 Å². The second-order valence-corrected chi connectivity index (χ2v) is 4.12. The molecule has 0 saturated carbocycles. The molecule has 0 saturated heterocycles. The topological polar surface area (TPSA) is 49.0 Å². The van der Waals surface area contributed by atoms with Gasteiger partial charge in [0, 0.05) is 32.2 Å². The van der Waals surface area contributed by atoms with Gasteiger partial charge in [0.15, 0.2) is 5.82 Å². The summed E-state index contributed by atoms with van der Waals surface area (Å²) in [6.45, 7) is 0. The van der Waals surface area contributed by atoms with Crippen molar-refractivity contribution in [2.75, 3.05) is 19.0 Å². The quantitative estimate of drug-likeness (QED) is 0.660. The smallest absolute Gasteiger partial charge is 0.221 e. The summed E-state index contributed by atoms with van der Waals surface area (Å²) in [6.07, 6.45) is 6.49. The zero-order valence-electron chi connectivity index (χ0n) is 10.4. The molecule has 0 aliphatic carbocycles. The van der Waals surface area contributed by atoms with Crippen molar-refractivity contribution in [2.45, 2.75) is 0 Å². The first-order chi connectivity index (χ1) is 8.66. The summed E-state index contributed by atoms with van der Waals surface area (Å²) in [5.74, 6) is 0.229.